The minimum Gasteiger partial charge on any atom is -0.199 e. The van der Waals surface area contributed by atoms with E-state index < -0.39 is 10.0 Å². The number of allylic oxidation sites excluding steroid dienone is 2. The van der Waals surface area contributed by atoms with E-state index in [4.69, 9.17) is 0 Å². The first kappa shape index (κ1) is 14.6. The molecule has 0 aliphatic rings. The van der Waals surface area contributed by atoms with Gasteiger partial charge in [-0.25, -0.2) is 0 Å². The minimum atomic E-state index is -3.53. The van der Waals surface area contributed by atoms with Crippen molar-refractivity contribution in [2.24, 2.45) is 4.40 Å². The van der Waals surface area contributed by atoms with Crippen molar-refractivity contribution in [2.45, 2.75) is 38.5 Å². The van der Waals surface area contributed by atoms with E-state index in [1.54, 1.807) is 24.3 Å². The van der Waals surface area contributed by atoms with E-state index in [-0.39, 0.29) is 4.90 Å². The molecule has 0 saturated heterocycles. The molecule has 0 heterocycles. The fraction of sp³-hybridized carbons (Fsp3) is 0.357. The van der Waals surface area contributed by atoms with Gasteiger partial charge < -0.3 is 0 Å². The zero-order valence-corrected chi connectivity index (χ0v) is 11.9. The molecule has 0 aliphatic carbocycles. The zero-order chi connectivity index (χ0) is 13.6. The summed E-state index contributed by atoms with van der Waals surface area (Å²) in [5.74, 6) is 0. The summed E-state index contributed by atoms with van der Waals surface area (Å²) in [7, 11) is -3.53. The first-order valence-electron chi connectivity index (χ1n) is 5.93. The summed E-state index contributed by atoms with van der Waals surface area (Å²) in [6, 6.07) is 6.71. The lowest BCUT2D eigenvalue weighted by molar-refractivity contribution is 0.598. The van der Waals surface area contributed by atoms with Crippen LogP contribution in [0.1, 0.15) is 32.3 Å². The Morgan fingerprint density at radius 3 is 2.44 bits per heavy atom. The normalized spacial score (nSPS) is 13.2. The highest BCUT2D eigenvalue weighted by Gasteiger charge is 2.10. The van der Waals surface area contributed by atoms with E-state index >= 15 is 0 Å². The molecule has 1 rings (SSSR count). The van der Waals surface area contributed by atoms with Crippen LogP contribution in [0.4, 0.5) is 0 Å². The van der Waals surface area contributed by atoms with Gasteiger partial charge in [0.05, 0.1) is 4.90 Å². The molecule has 4 heteroatoms. The first-order valence-corrected chi connectivity index (χ1v) is 7.37. The molecule has 0 spiro atoms. The maximum absolute atomic E-state index is 11.8. The molecule has 98 valence electrons. The van der Waals surface area contributed by atoms with Crippen molar-refractivity contribution >= 4 is 16.2 Å². The summed E-state index contributed by atoms with van der Waals surface area (Å²) < 4.78 is 27.4. The second kappa shape index (κ2) is 6.50. The van der Waals surface area contributed by atoms with Crippen molar-refractivity contribution in [3.8, 4) is 0 Å². The molecule has 0 aliphatic heterocycles. The molecule has 0 bridgehead atoms. The van der Waals surface area contributed by atoms with Gasteiger partial charge in [-0.05, 0) is 45.7 Å². The van der Waals surface area contributed by atoms with E-state index in [1.807, 2.05) is 26.8 Å². The summed E-state index contributed by atoms with van der Waals surface area (Å²) in [5, 5.41) is 0. The van der Waals surface area contributed by atoms with Crippen molar-refractivity contribution in [2.75, 3.05) is 0 Å². The van der Waals surface area contributed by atoms with Crippen LogP contribution >= 0.6 is 0 Å². The number of rotatable bonds is 5. The molecular formula is C14H19NO2S. The van der Waals surface area contributed by atoms with Crippen LogP contribution in [-0.4, -0.2) is 14.6 Å². The highest BCUT2D eigenvalue weighted by atomic mass is 32.2. The molecule has 0 saturated carbocycles. The summed E-state index contributed by atoms with van der Waals surface area (Å²) in [5.41, 5.74) is 2.26. The maximum Gasteiger partial charge on any atom is 0.281 e. The molecule has 1 aromatic carbocycles. The molecule has 1 aromatic rings. The molecule has 0 unspecified atom stereocenters. The molecule has 0 amide bonds. The molecule has 0 atom stereocenters. The van der Waals surface area contributed by atoms with Crippen LogP contribution in [0.15, 0.2) is 45.2 Å². The quantitative estimate of drug-likeness (QED) is 0.604. The Morgan fingerprint density at radius 2 is 1.89 bits per heavy atom. The van der Waals surface area contributed by atoms with Crippen LogP contribution in [-0.2, 0) is 10.0 Å². The number of sulfonamides is 1. The van der Waals surface area contributed by atoms with Gasteiger partial charge in [-0.3, -0.25) is 0 Å². The van der Waals surface area contributed by atoms with Gasteiger partial charge in [-0.1, -0.05) is 29.3 Å². The highest BCUT2D eigenvalue weighted by molar-refractivity contribution is 7.90. The monoisotopic (exact) mass is 265 g/mol. The SMILES string of the molecule is C/C=C(\C)CCC=NS(=O)(=O)c1ccc(C)cc1. The van der Waals surface area contributed by atoms with Crippen molar-refractivity contribution in [1.82, 2.24) is 0 Å². The number of hydrogen-bond acceptors (Lipinski definition) is 2. The topological polar surface area (TPSA) is 46.5 Å². The summed E-state index contributed by atoms with van der Waals surface area (Å²) in [4.78, 5) is 0.243. The van der Waals surface area contributed by atoms with Gasteiger partial charge >= 0.3 is 0 Å². The van der Waals surface area contributed by atoms with Crippen molar-refractivity contribution in [3.63, 3.8) is 0 Å². The fourth-order valence-electron chi connectivity index (χ4n) is 1.36. The van der Waals surface area contributed by atoms with E-state index in [1.165, 1.54) is 11.8 Å². The molecule has 0 fully saturated rings. The number of nitrogens with zero attached hydrogens (tertiary/aromatic N) is 1. The van der Waals surface area contributed by atoms with Gasteiger partial charge in [0.1, 0.15) is 0 Å². The Balaban J connectivity index is 2.70. The Kier molecular flexibility index (Phi) is 5.28. The van der Waals surface area contributed by atoms with Crippen LogP contribution < -0.4 is 0 Å². The number of hydrogen-bond donors (Lipinski definition) is 0. The predicted octanol–water partition coefficient (Wildman–Crippen LogP) is 3.50. The van der Waals surface area contributed by atoms with E-state index in [2.05, 4.69) is 4.40 Å². The third-order valence-corrected chi connectivity index (χ3v) is 3.99. The minimum absolute atomic E-state index is 0.243. The smallest absolute Gasteiger partial charge is 0.199 e. The van der Waals surface area contributed by atoms with Gasteiger partial charge in [0.15, 0.2) is 0 Å². The second-order valence-electron chi connectivity index (χ2n) is 4.25. The average molecular weight is 265 g/mol. The first-order chi connectivity index (χ1) is 8.45. The molecular weight excluding hydrogens is 246 g/mol. The predicted molar refractivity (Wildman–Crippen MR) is 75.5 cm³/mol. The highest BCUT2D eigenvalue weighted by Crippen LogP contribution is 2.13. The van der Waals surface area contributed by atoms with Crippen molar-refractivity contribution < 1.29 is 8.42 Å². The largest absolute Gasteiger partial charge is 0.281 e. The van der Waals surface area contributed by atoms with E-state index in [0.29, 0.717) is 6.42 Å². The zero-order valence-electron chi connectivity index (χ0n) is 11.1. The van der Waals surface area contributed by atoms with Crippen LogP contribution in [0.3, 0.4) is 0 Å². The fourth-order valence-corrected chi connectivity index (χ4v) is 2.26. The summed E-state index contributed by atoms with van der Waals surface area (Å²) in [6.07, 6.45) is 4.97. The van der Waals surface area contributed by atoms with Crippen LogP contribution in [0, 0.1) is 6.92 Å². The Hall–Kier alpha value is -1.42. The average Bonchev–Trinajstić information content (AvgIpc) is 2.35. The lowest BCUT2D eigenvalue weighted by Crippen LogP contribution is -1.97. The third-order valence-electron chi connectivity index (χ3n) is 2.69. The van der Waals surface area contributed by atoms with Gasteiger partial charge in [0.2, 0.25) is 0 Å². The van der Waals surface area contributed by atoms with Crippen molar-refractivity contribution in [3.05, 3.63) is 41.5 Å². The van der Waals surface area contributed by atoms with Crippen LogP contribution in [0.5, 0.6) is 0 Å². The number of aryl methyl sites for hydroxylation is 1. The Labute approximate surface area is 109 Å². The number of benzene rings is 1. The lowest BCUT2D eigenvalue weighted by Gasteiger charge is -1.99. The molecule has 18 heavy (non-hydrogen) atoms. The summed E-state index contributed by atoms with van der Waals surface area (Å²) in [6.45, 7) is 5.90. The molecule has 0 aromatic heterocycles. The third kappa shape index (κ3) is 4.45. The summed E-state index contributed by atoms with van der Waals surface area (Å²) >= 11 is 0. The van der Waals surface area contributed by atoms with Crippen molar-refractivity contribution in [1.29, 1.82) is 0 Å². The lowest BCUT2D eigenvalue weighted by atomic mass is 10.2. The molecule has 3 nitrogen and oxygen atoms in total. The van der Waals surface area contributed by atoms with E-state index in [0.717, 1.165) is 12.0 Å². The Morgan fingerprint density at radius 1 is 1.28 bits per heavy atom. The van der Waals surface area contributed by atoms with Gasteiger partial charge in [0.25, 0.3) is 10.0 Å². The second-order valence-corrected chi connectivity index (χ2v) is 5.88. The maximum atomic E-state index is 11.8. The Bertz CT molecular complexity index is 540. The van der Waals surface area contributed by atoms with Gasteiger partial charge in [-0.15, -0.1) is 0 Å². The van der Waals surface area contributed by atoms with E-state index in [9.17, 15) is 8.42 Å². The van der Waals surface area contributed by atoms with Gasteiger partial charge in [-0.2, -0.15) is 12.8 Å². The molecule has 0 radical (unpaired) electrons. The van der Waals surface area contributed by atoms with Crippen LogP contribution in [0.25, 0.3) is 0 Å². The van der Waals surface area contributed by atoms with Crippen LogP contribution in [0.2, 0.25) is 0 Å². The molecule has 0 N–H and O–H groups in total. The van der Waals surface area contributed by atoms with Gasteiger partial charge in [0, 0.05) is 6.21 Å². The standard InChI is InChI=1S/C14H19NO2S/c1-4-12(2)6-5-11-15-18(16,17)14-9-7-13(3)8-10-14/h4,7-11H,5-6H2,1-3H3/b12-4+,15-11?.